The maximum absolute atomic E-state index is 15.0. The molecule has 45 heavy (non-hydrogen) atoms. The number of ether oxygens (including phenoxy) is 1. The molecule has 0 fully saturated rings. The van der Waals surface area contributed by atoms with Gasteiger partial charge in [0.25, 0.3) is 11.8 Å². The molecule has 4 aromatic carbocycles. The summed E-state index contributed by atoms with van der Waals surface area (Å²) in [6.45, 7) is 0.417. The Morgan fingerprint density at radius 2 is 1.44 bits per heavy atom. The molecule has 0 saturated heterocycles. The lowest BCUT2D eigenvalue weighted by Gasteiger charge is -2.37. The fourth-order valence-corrected chi connectivity index (χ4v) is 4.70. The lowest BCUT2D eigenvalue weighted by atomic mass is 9.77. The molecule has 0 aliphatic carbocycles. The fraction of sp³-hybridized carbons (Fsp3) is 0.188. The molecular formula is C32H23F8NO4. The molecular weight excluding hydrogens is 614 g/mol. The molecule has 0 bridgehead atoms. The Balaban J connectivity index is 1.98. The molecule has 0 aliphatic rings. The molecule has 4 rings (SSSR count). The smallest absolute Gasteiger partial charge is 0.461 e. The first kappa shape index (κ1) is 33.0. The molecule has 0 unspecified atom stereocenters. The van der Waals surface area contributed by atoms with Gasteiger partial charge in [0.1, 0.15) is 17.4 Å². The van der Waals surface area contributed by atoms with Crippen molar-refractivity contribution >= 4 is 11.9 Å². The van der Waals surface area contributed by atoms with E-state index in [0.29, 0.717) is 30.7 Å². The number of alkyl halides is 6. The number of carbonyl (C=O) groups excluding carboxylic acids is 1. The Morgan fingerprint density at radius 1 is 0.822 bits per heavy atom. The van der Waals surface area contributed by atoms with Crippen molar-refractivity contribution in [1.82, 2.24) is 5.32 Å². The number of rotatable bonds is 11. The van der Waals surface area contributed by atoms with Crippen molar-refractivity contribution < 1.29 is 54.6 Å². The van der Waals surface area contributed by atoms with E-state index in [1.54, 1.807) is 30.3 Å². The van der Waals surface area contributed by atoms with Crippen LogP contribution >= 0.6 is 0 Å². The normalized spacial score (nSPS) is 13.3. The van der Waals surface area contributed by atoms with Crippen LogP contribution in [0.15, 0.2) is 91.0 Å². The van der Waals surface area contributed by atoms with Crippen molar-refractivity contribution in [1.29, 1.82) is 0 Å². The molecule has 0 aromatic heterocycles. The number of halogens is 8. The van der Waals surface area contributed by atoms with Gasteiger partial charge in [0.2, 0.25) is 0 Å². The van der Waals surface area contributed by atoms with Crippen LogP contribution < -0.4 is 10.1 Å². The van der Waals surface area contributed by atoms with Gasteiger partial charge in [0, 0.05) is 25.0 Å². The van der Waals surface area contributed by atoms with Gasteiger partial charge in [-0.2, -0.15) is 17.6 Å². The first-order chi connectivity index (χ1) is 21.0. The molecule has 1 amide bonds. The van der Waals surface area contributed by atoms with Gasteiger partial charge in [-0.3, -0.25) is 4.79 Å². The summed E-state index contributed by atoms with van der Waals surface area (Å²) >= 11 is 0. The lowest BCUT2D eigenvalue weighted by molar-refractivity contribution is -0.253. The quantitative estimate of drug-likeness (QED) is 0.164. The van der Waals surface area contributed by atoms with Gasteiger partial charge in [0.15, 0.2) is 0 Å². The summed E-state index contributed by atoms with van der Waals surface area (Å²) in [5.74, 6) is -9.71. The summed E-state index contributed by atoms with van der Waals surface area (Å²) in [6, 6.07) is 16.9. The van der Waals surface area contributed by atoms with Gasteiger partial charge in [-0.05, 0) is 59.2 Å². The number of benzene rings is 4. The van der Waals surface area contributed by atoms with Crippen molar-refractivity contribution in [2.75, 3.05) is 0 Å². The van der Waals surface area contributed by atoms with E-state index in [0.717, 1.165) is 30.3 Å². The standard InChI is InChI=1S/C32H23F8NO4/c1-30(37,38)25-13-20(9-12-26(25)34)27(42)41-31(17-18-5-3-2-4-6-18,21-10-7-19(8-11-21)28(43)44)22-14-23(33)16-24(15-22)45-32(39,40)29(35)36/h2-16,29H,17H2,1H3,(H,41,42)(H,43,44)/t31-/m1/s1. The van der Waals surface area contributed by atoms with Gasteiger partial charge in [-0.1, -0.05) is 42.5 Å². The summed E-state index contributed by atoms with van der Waals surface area (Å²) in [6.07, 6.45) is -9.61. The van der Waals surface area contributed by atoms with E-state index in [2.05, 4.69) is 10.1 Å². The topological polar surface area (TPSA) is 75.6 Å². The van der Waals surface area contributed by atoms with E-state index < -0.39 is 64.4 Å². The zero-order valence-corrected chi connectivity index (χ0v) is 23.1. The number of carbonyl (C=O) groups is 2. The second kappa shape index (κ2) is 12.6. The number of nitrogens with one attached hydrogen (secondary N) is 1. The van der Waals surface area contributed by atoms with Crippen LogP contribution in [0, 0.1) is 11.6 Å². The molecule has 0 radical (unpaired) electrons. The van der Waals surface area contributed by atoms with Gasteiger partial charge in [-0.25, -0.2) is 22.4 Å². The highest BCUT2D eigenvalue weighted by Crippen LogP contribution is 2.38. The zero-order valence-electron chi connectivity index (χ0n) is 23.1. The molecule has 1 atom stereocenters. The average molecular weight is 638 g/mol. The van der Waals surface area contributed by atoms with E-state index in [1.165, 1.54) is 12.1 Å². The Labute approximate surface area is 251 Å². The average Bonchev–Trinajstić information content (AvgIpc) is 2.96. The van der Waals surface area contributed by atoms with Crippen molar-refractivity contribution in [3.8, 4) is 5.75 Å². The Bertz CT molecular complexity index is 1690. The molecule has 13 heteroatoms. The second-order valence-corrected chi connectivity index (χ2v) is 10.1. The minimum Gasteiger partial charge on any atom is -0.478 e. The highest BCUT2D eigenvalue weighted by Gasteiger charge is 2.45. The molecule has 4 aromatic rings. The molecule has 0 aliphatic heterocycles. The summed E-state index contributed by atoms with van der Waals surface area (Å²) in [5.41, 5.74) is -3.62. The van der Waals surface area contributed by atoms with Crippen LogP contribution in [-0.2, 0) is 17.9 Å². The van der Waals surface area contributed by atoms with Crippen molar-refractivity contribution in [3.63, 3.8) is 0 Å². The second-order valence-electron chi connectivity index (χ2n) is 10.1. The van der Waals surface area contributed by atoms with Gasteiger partial charge in [-0.15, -0.1) is 0 Å². The van der Waals surface area contributed by atoms with E-state index in [9.17, 15) is 45.4 Å². The first-order valence-corrected chi connectivity index (χ1v) is 13.1. The molecule has 0 saturated carbocycles. The van der Waals surface area contributed by atoms with Crippen LogP contribution in [0.5, 0.6) is 5.75 Å². The van der Waals surface area contributed by atoms with Crippen LogP contribution in [0.1, 0.15) is 49.9 Å². The minimum absolute atomic E-state index is 0.0463. The number of carboxylic acids is 1. The Morgan fingerprint density at radius 3 is 2.02 bits per heavy atom. The zero-order chi connectivity index (χ0) is 33.2. The summed E-state index contributed by atoms with van der Waals surface area (Å²) < 4.78 is 115. The highest BCUT2D eigenvalue weighted by molar-refractivity contribution is 5.95. The summed E-state index contributed by atoms with van der Waals surface area (Å²) in [5, 5.41) is 12.0. The van der Waals surface area contributed by atoms with Gasteiger partial charge < -0.3 is 15.2 Å². The SMILES string of the molecule is CC(F)(F)c1cc(C(=O)N[C@](Cc2ccccc2)(c2ccc(C(=O)O)cc2)c2cc(F)cc(OC(F)(F)C(F)F)c2)ccc1F. The molecule has 0 heterocycles. The Hall–Kier alpha value is -4.94. The van der Waals surface area contributed by atoms with Crippen LogP contribution in [0.25, 0.3) is 0 Å². The molecule has 236 valence electrons. The minimum atomic E-state index is -5.03. The van der Waals surface area contributed by atoms with Crippen molar-refractivity contribution in [2.45, 2.75) is 37.3 Å². The Kier molecular flexibility index (Phi) is 9.22. The van der Waals surface area contributed by atoms with Crippen molar-refractivity contribution in [3.05, 3.63) is 136 Å². The number of hydrogen-bond donors (Lipinski definition) is 2. The first-order valence-electron chi connectivity index (χ1n) is 13.1. The number of aromatic carboxylic acids is 1. The van der Waals surface area contributed by atoms with Crippen LogP contribution in [0.4, 0.5) is 35.1 Å². The maximum Gasteiger partial charge on any atom is 0.461 e. The van der Waals surface area contributed by atoms with Crippen LogP contribution in [-0.4, -0.2) is 29.5 Å². The third-order valence-electron chi connectivity index (χ3n) is 6.84. The fourth-order valence-electron chi connectivity index (χ4n) is 4.70. The third-order valence-corrected chi connectivity index (χ3v) is 6.84. The van der Waals surface area contributed by atoms with E-state index in [4.69, 9.17) is 0 Å². The van der Waals surface area contributed by atoms with Gasteiger partial charge in [0.05, 0.1) is 16.7 Å². The van der Waals surface area contributed by atoms with Crippen LogP contribution in [0.2, 0.25) is 0 Å². The van der Waals surface area contributed by atoms with Crippen LogP contribution in [0.3, 0.4) is 0 Å². The lowest BCUT2D eigenvalue weighted by Crippen LogP contribution is -2.49. The van der Waals surface area contributed by atoms with E-state index in [-0.39, 0.29) is 23.1 Å². The van der Waals surface area contributed by atoms with Crippen molar-refractivity contribution in [2.24, 2.45) is 0 Å². The van der Waals surface area contributed by atoms with Gasteiger partial charge >= 0.3 is 18.5 Å². The largest absolute Gasteiger partial charge is 0.478 e. The summed E-state index contributed by atoms with van der Waals surface area (Å²) in [4.78, 5) is 25.3. The molecule has 5 nitrogen and oxygen atoms in total. The maximum atomic E-state index is 15.0. The number of amides is 1. The highest BCUT2D eigenvalue weighted by atomic mass is 19.3. The summed E-state index contributed by atoms with van der Waals surface area (Å²) in [7, 11) is 0. The number of hydrogen-bond acceptors (Lipinski definition) is 3. The predicted molar refractivity (Wildman–Crippen MR) is 146 cm³/mol. The third kappa shape index (κ3) is 7.41. The van der Waals surface area contributed by atoms with E-state index >= 15 is 4.39 Å². The number of carboxylic acid groups (broad SMARTS) is 1. The molecule has 0 spiro atoms. The van der Waals surface area contributed by atoms with E-state index in [1.807, 2.05) is 0 Å². The predicted octanol–water partition coefficient (Wildman–Crippen LogP) is 7.93. The molecule has 2 N–H and O–H groups in total. The monoisotopic (exact) mass is 637 g/mol.